The van der Waals surface area contributed by atoms with Crippen molar-refractivity contribution >= 4 is 9.24 Å². The van der Waals surface area contributed by atoms with Crippen LogP contribution in [-0.2, 0) is 0 Å². The lowest BCUT2D eigenvalue weighted by molar-refractivity contribution is 0.541. The zero-order valence-electron chi connectivity index (χ0n) is 12.3. The molecule has 0 N–H and O–H groups in total. The predicted molar refractivity (Wildman–Crippen MR) is 84.9 cm³/mol. The summed E-state index contributed by atoms with van der Waals surface area (Å²) in [6.07, 6.45) is 18.7. The van der Waals surface area contributed by atoms with Crippen LogP contribution in [0.15, 0.2) is 0 Å². The second-order valence-electron chi connectivity index (χ2n) is 5.52. The molecule has 0 spiro atoms. The maximum Gasteiger partial charge on any atom is -0.0264 e. The van der Waals surface area contributed by atoms with E-state index in [4.69, 9.17) is 0 Å². The van der Waals surface area contributed by atoms with E-state index in [2.05, 4.69) is 23.1 Å². The summed E-state index contributed by atoms with van der Waals surface area (Å²) in [5.74, 6) is 0. The molecule has 17 heavy (non-hydrogen) atoms. The van der Waals surface area contributed by atoms with Crippen molar-refractivity contribution in [1.82, 2.24) is 0 Å². The van der Waals surface area contributed by atoms with E-state index < -0.39 is 0 Å². The van der Waals surface area contributed by atoms with Crippen LogP contribution in [0.3, 0.4) is 0 Å². The molecule has 0 heterocycles. The van der Waals surface area contributed by atoms with Crippen LogP contribution in [0.2, 0.25) is 0 Å². The Hall–Kier alpha value is 0.430. The zero-order chi connectivity index (χ0) is 12.8. The third-order valence-corrected chi connectivity index (χ3v) is 4.25. The van der Waals surface area contributed by atoms with Gasteiger partial charge in [0.1, 0.15) is 0 Å². The molecule has 0 aliphatic heterocycles. The van der Waals surface area contributed by atoms with Crippen LogP contribution in [0.25, 0.3) is 0 Å². The molecular formula is C16H35P. The Morgan fingerprint density at radius 3 is 1.53 bits per heavy atom. The van der Waals surface area contributed by atoms with E-state index in [1.165, 1.54) is 83.5 Å². The first kappa shape index (κ1) is 17.4. The van der Waals surface area contributed by atoms with Crippen LogP contribution in [0, 0.1) is 0 Å². The minimum absolute atomic E-state index is 0.883. The Morgan fingerprint density at radius 2 is 1.06 bits per heavy atom. The minimum atomic E-state index is 0.883. The first-order chi connectivity index (χ1) is 8.31. The highest BCUT2D eigenvalue weighted by Gasteiger charge is 2.00. The summed E-state index contributed by atoms with van der Waals surface area (Å²) in [6, 6.07) is 0. The van der Waals surface area contributed by atoms with Crippen LogP contribution in [0.5, 0.6) is 0 Å². The lowest BCUT2D eigenvalue weighted by atomic mass is 10.0. The highest BCUT2D eigenvalue weighted by Crippen LogP contribution is 2.17. The maximum absolute atomic E-state index is 3.01. The molecule has 2 atom stereocenters. The summed E-state index contributed by atoms with van der Waals surface area (Å²) in [4.78, 5) is 0. The molecule has 2 unspecified atom stereocenters. The monoisotopic (exact) mass is 258 g/mol. The summed E-state index contributed by atoms with van der Waals surface area (Å²) in [7, 11) is 3.01. The van der Waals surface area contributed by atoms with Crippen molar-refractivity contribution in [1.29, 1.82) is 0 Å². The van der Waals surface area contributed by atoms with Gasteiger partial charge in [-0.1, -0.05) is 84.5 Å². The Balaban J connectivity index is 2.98. The molecule has 0 aliphatic rings. The van der Waals surface area contributed by atoms with Gasteiger partial charge >= 0.3 is 0 Å². The molecule has 104 valence electrons. The average molecular weight is 258 g/mol. The van der Waals surface area contributed by atoms with E-state index in [1.807, 2.05) is 0 Å². The zero-order valence-corrected chi connectivity index (χ0v) is 13.5. The molecule has 0 aromatic carbocycles. The van der Waals surface area contributed by atoms with Gasteiger partial charge < -0.3 is 0 Å². The third-order valence-electron chi connectivity index (χ3n) is 3.59. The molecule has 0 aliphatic carbocycles. The maximum atomic E-state index is 3.01. The van der Waals surface area contributed by atoms with Crippen molar-refractivity contribution in [2.45, 2.75) is 103 Å². The van der Waals surface area contributed by atoms with Crippen LogP contribution >= 0.6 is 9.24 Å². The van der Waals surface area contributed by atoms with Gasteiger partial charge in [-0.05, 0) is 18.5 Å². The predicted octanol–water partition coefficient (Wildman–Crippen LogP) is 6.34. The van der Waals surface area contributed by atoms with Gasteiger partial charge in [0.15, 0.2) is 0 Å². The highest BCUT2D eigenvalue weighted by atomic mass is 31.0. The molecule has 0 saturated carbocycles. The van der Waals surface area contributed by atoms with E-state index in [9.17, 15) is 0 Å². The highest BCUT2D eigenvalue weighted by molar-refractivity contribution is 7.17. The average Bonchev–Trinajstić information content (AvgIpc) is 2.32. The number of hydrogen-bond acceptors (Lipinski definition) is 0. The molecule has 0 nitrogen and oxygen atoms in total. The summed E-state index contributed by atoms with van der Waals surface area (Å²) in [6.45, 7) is 4.58. The van der Waals surface area contributed by atoms with E-state index >= 15 is 0 Å². The van der Waals surface area contributed by atoms with E-state index in [1.54, 1.807) is 0 Å². The topological polar surface area (TPSA) is 0 Å². The summed E-state index contributed by atoms with van der Waals surface area (Å²) in [5.41, 5.74) is 0.883. The lowest BCUT2D eigenvalue weighted by Crippen LogP contribution is -1.96. The van der Waals surface area contributed by atoms with Crippen molar-refractivity contribution in [3.63, 3.8) is 0 Å². The van der Waals surface area contributed by atoms with Crippen LogP contribution in [0.4, 0.5) is 0 Å². The third kappa shape index (κ3) is 14.4. The molecule has 0 aromatic rings. The molecular weight excluding hydrogens is 223 g/mol. The molecule has 0 fully saturated rings. The van der Waals surface area contributed by atoms with Gasteiger partial charge in [-0.3, -0.25) is 0 Å². The van der Waals surface area contributed by atoms with Crippen molar-refractivity contribution in [2.75, 3.05) is 0 Å². The molecule has 0 amide bonds. The first-order valence-electron chi connectivity index (χ1n) is 8.06. The fraction of sp³-hybridized carbons (Fsp3) is 1.00. The van der Waals surface area contributed by atoms with E-state index in [0.29, 0.717) is 0 Å². The fourth-order valence-corrected chi connectivity index (χ4v) is 2.98. The number of unbranched alkanes of at least 4 members (excludes halogenated alkanes) is 9. The normalized spacial score (nSPS) is 12.9. The van der Waals surface area contributed by atoms with Gasteiger partial charge in [0.25, 0.3) is 0 Å². The minimum Gasteiger partial charge on any atom is -0.134 e. The van der Waals surface area contributed by atoms with Gasteiger partial charge in [-0.15, -0.1) is 9.24 Å². The Kier molecular flexibility index (Phi) is 14.9. The van der Waals surface area contributed by atoms with Gasteiger partial charge in [0, 0.05) is 0 Å². The quantitative estimate of drug-likeness (QED) is 0.267. The summed E-state index contributed by atoms with van der Waals surface area (Å²) in [5, 5.41) is 0. The Morgan fingerprint density at radius 1 is 0.588 bits per heavy atom. The van der Waals surface area contributed by atoms with Crippen molar-refractivity contribution < 1.29 is 0 Å². The van der Waals surface area contributed by atoms with Gasteiger partial charge in [0.2, 0.25) is 0 Å². The smallest absolute Gasteiger partial charge is 0.0264 e. The van der Waals surface area contributed by atoms with Crippen LogP contribution < -0.4 is 0 Å². The number of rotatable bonds is 13. The van der Waals surface area contributed by atoms with Crippen molar-refractivity contribution in [3.8, 4) is 0 Å². The number of hydrogen-bond donors (Lipinski definition) is 0. The lowest BCUT2D eigenvalue weighted by Gasteiger charge is -2.09. The van der Waals surface area contributed by atoms with Crippen LogP contribution in [0.1, 0.15) is 97.3 Å². The van der Waals surface area contributed by atoms with Gasteiger partial charge in [-0.2, -0.15) is 0 Å². The van der Waals surface area contributed by atoms with Gasteiger partial charge in [-0.25, -0.2) is 0 Å². The molecule has 0 saturated heterocycles. The molecule has 1 heteroatoms. The standard InChI is InChI=1S/C16H35P/c1-3-5-6-7-8-9-10-11-12-13-15-16(17)14-4-2/h16H,3-15,17H2,1-2H3. The Bertz CT molecular complexity index is 133. The second kappa shape index (κ2) is 14.5. The summed E-state index contributed by atoms with van der Waals surface area (Å²) >= 11 is 0. The van der Waals surface area contributed by atoms with E-state index in [0.717, 1.165) is 5.66 Å². The van der Waals surface area contributed by atoms with Crippen molar-refractivity contribution in [3.05, 3.63) is 0 Å². The molecule has 0 radical (unpaired) electrons. The molecule has 0 bridgehead atoms. The van der Waals surface area contributed by atoms with E-state index in [-0.39, 0.29) is 0 Å². The molecule has 0 aromatic heterocycles. The largest absolute Gasteiger partial charge is 0.134 e. The Labute approximate surface area is 113 Å². The second-order valence-corrected chi connectivity index (χ2v) is 6.46. The van der Waals surface area contributed by atoms with Gasteiger partial charge in [0.05, 0.1) is 0 Å². The SMILES string of the molecule is CCCCCCCCCCCCC(P)CCC. The fourth-order valence-electron chi connectivity index (χ4n) is 2.41. The summed E-state index contributed by atoms with van der Waals surface area (Å²) < 4.78 is 0. The molecule has 0 rings (SSSR count). The van der Waals surface area contributed by atoms with Crippen LogP contribution in [-0.4, -0.2) is 5.66 Å². The first-order valence-corrected chi connectivity index (χ1v) is 8.73. The van der Waals surface area contributed by atoms with Crippen molar-refractivity contribution in [2.24, 2.45) is 0 Å².